The zero-order chi connectivity index (χ0) is 13.6. The van der Waals surface area contributed by atoms with Crippen LogP contribution in [0.15, 0.2) is 34.7 Å². The average Bonchev–Trinajstić information content (AvgIpc) is 3.12. The molecule has 1 spiro atoms. The topological polar surface area (TPSA) is 59.2 Å². The lowest BCUT2D eigenvalue weighted by atomic mass is 9.96. The summed E-state index contributed by atoms with van der Waals surface area (Å²) >= 11 is 0. The number of nitrogens with zero attached hydrogens (tertiary/aromatic N) is 3. The molecule has 1 aromatic heterocycles. The maximum Gasteiger partial charge on any atom is 0.247 e. The molecule has 0 bridgehead atoms. The highest BCUT2D eigenvalue weighted by molar-refractivity contribution is 5.79. The fourth-order valence-corrected chi connectivity index (χ4v) is 2.70. The normalized spacial score (nSPS) is 18.9. The maximum absolute atomic E-state index is 12.1. The molecule has 0 radical (unpaired) electrons. The molecule has 4 rings (SSSR count). The summed E-state index contributed by atoms with van der Waals surface area (Å²) < 4.78 is 5.56. The number of likely N-dealkylation sites (tertiary alicyclic amines) is 1. The smallest absolute Gasteiger partial charge is 0.247 e. The first-order valence-corrected chi connectivity index (χ1v) is 6.90. The lowest BCUT2D eigenvalue weighted by molar-refractivity contribution is -0.138. The van der Waals surface area contributed by atoms with Gasteiger partial charge < -0.3 is 9.32 Å². The van der Waals surface area contributed by atoms with Crippen LogP contribution in [0, 0.1) is 5.41 Å². The number of hydrogen-bond donors (Lipinski definition) is 0. The van der Waals surface area contributed by atoms with Crippen LogP contribution in [0.2, 0.25) is 0 Å². The zero-order valence-electron chi connectivity index (χ0n) is 11.1. The van der Waals surface area contributed by atoms with Gasteiger partial charge in [-0.2, -0.15) is 0 Å². The summed E-state index contributed by atoms with van der Waals surface area (Å²) in [5, 5.41) is 7.96. The van der Waals surface area contributed by atoms with E-state index in [1.54, 1.807) is 0 Å². The molecule has 2 aliphatic rings. The molecule has 1 aromatic carbocycles. The van der Waals surface area contributed by atoms with E-state index in [0.717, 1.165) is 18.7 Å². The Morgan fingerprint density at radius 3 is 2.65 bits per heavy atom. The van der Waals surface area contributed by atoms with Gasteiger partial charge in [0.2, 0.25) is 17.7 Å². The Morgan fingerprint density at radius 1 is 1.20 bits per heavy atom. The van der Waals surface area contributed by atoms with Gasteiger partial charge in [0.05, 0.1) is 0 Å². The fraction of sp³-hybridized carbons (Fsp3) is 0.400. The molecule has 1 saturated heterocycles. The largest absolute Gasteiger partial charge is 0.420 e. The highest BCUT2D eigenvalue weighted by Crippen LogP contribution is 2.52. The summed E-state index contributed by atoms with van der Waals surface area (Å²) in [7, 11) is 0. The number of hydrogen-bond acceptors (Lipinski definition) is 4. The van der Waals surface area contributed by atoms with Gasteiger partial charge in [-0.1, -0.05) is 18.2 Å². The Balaban J connectivity index is 1.42. The third kappa shape index (κ3) is 1.99. The second-order valence-electron chi connectivity index (χ2n) is 5.79. The van der Waals surface area contributed by atoms with Crippen molar-refractivity contribution in [3.63, 3.8) is 0 Å². The lowest BCUT2D eigenvalue weighted by Gasteiger charge is -2.39. The first kappa shape index (κ1) is 11.6. The van der Waals surface area contributed by atoms with Crippen LogP contribution in [-0.2, 0) is 11.2 Å². The molecule has 1 amide bonds. The molecule has 0 unspecified atom stereocenters. The summed E-state index contributed by atoms with van der Waals surface area (Å²) in [4.78, 5) is 13.9. The first-order chi connectivity index (χ1) is 9.74. The number of carbonyl (C=O) groups excluding carboxylic acids is 1. The molecule has 1 aliphatic carbocycles. The van der Waals surface area contributed by atoms with E-state index in [4.69, 9.17) is 4.42 Å². The minimum Gasteiger partial charge on any atom is -0.420 e. The van der Waals surface area contributed by atoms with Crippen LogP contribution in [0.25, 0.3) is 11.5 Å². The van der Waals surface area contributed by atoms with Crippen molar-refractivity contribution >= 4 is 5.91 Å². The molecule has 0 N–H and O–H groups in total. The molecule has 1 saturated carbocycles. The van der Waals surface area contributed by atoms with Gasteiger partial charge in [0.15, 0.2) is 0 Å². The minimum atomic E-state index is 0.0887. The van der Waals surface area contributed by atoms with Crippen LogP contribution in [0.1, 0.15) is 18.7 Å². The van der Waals surface area contributed by atoms with Gasteiger partial charge >= 0.3 is 0 Å². The second-order valence-corrected chi connectivity index (χ2v) is 5.79. The quantitative estimate of drug-likeness (QED) is 0.854. The van der Waals surface area contributed by atoms with Crippen LogP contribution in [0.4, 0.5) is 0 Å². The van der Waals surface area contributed by atoms with Gasteiger partial charge in [-0.15, -0.1) is 10.2 Å². The van der Waals surface area contributed by atoms with Crippen molar-refractivity contribution in [2.75, 3.05) is 13.1 Å². The van der Waals surface area contributed by atoms with Crippen molar-refractivity contribution in [1.82, 2.24) is 15.1 Å². The van der Waals surface area contributed by atoms with Gasteiger partial charge in [-0.05, 0) is 25.0 Å². The predicted molar refractivity (Wildman–Crippen MR) is 71.7 cm³/mol. The van der Waals surface area contributed by atoms with Gasteiger partial charge in [0.1, 0.15) is 6.42 Å². The van der Waals surface area contributed by atoms with E-state index in [2.05, 4.69) is 10.2 Å². The minimum absolute atomic E-state index is 0.0887. The van der Waals surface area contributed by atoms with E-state index in [1.807, 2.05) is 35.2 Å². The Morgan fingerprint density at radius 2 is 1.95 bits per heavy atom. The van der Waals surface area contributed by atoms with Crippen LogP contribution < -0.4 is 0 Å². The van der Waals surface area contributed by atoms with E-state index in [-0.39, 0.29) is 12.3 Å². The summed E-state index contributed by atoms with van der Waals surface area (Å²) in [6, 6.07) is 9.58. The van der Waals surface area contributed by atoms with Gasteiger partial charge in [0, 0.05) is 24.1 Å². The van der Waals surface area contributed by atoms with Crippen molar-refractivity contribution in [3.05, 3.63) is 36.2 Å². The molecule has 20 heavy (non-hydrogen) atoms. The van der Waals surface area contributed by atoms with Gasteiger partial charge in [-0.3, -0.25) is 4.79 Å². The molecule has 102 valence electrons. The van der Waals surface area contributed by atoms with Crippen LogP contribution in [0.5, 0.6) is 0 Å². The zero-order valence-corrected chi connectivity index (χ0v) is 11.1. The number of amides is 1. The van der Waals surface area contributed by atoms with Crippen molar-refractivity contribution in [2.45, 2.75) is 19.3 Å². The Bertz CT molecular complexity index is 638. The van der Waals surface area contributed by atoms with E-state index < -0.39 is 0 Å². The highest BCUT2D eigenvalue weighted by Gasteiger charge is 2.53. The molecule has 2 fully saturated rings. The van der Waals surface area contributed by atoms with E-state index >= 15 is 0 Å². The summed E-state index contributed by atoms with van der Waals surface area (Å²) in [5.74, 6) is 0.951. The second kappa shape index (κ2) is 4.16. The first-order valence-electron chi connectivity index (χ1n) is 6.90. The average molecular weight is 269 g/mol. The number of carbonyl (C=O) groups is 1. The van der Waals surface area contributed by atoms with E-state index in [0.29, 0.717) is 17.2 Å². The molecule has 5 heteroatoms. The summed E-state index contributed by atoms with van der Waals surface area (Å²) in [6.07, 6.45) is 2.75. The molecule has 1 aliphatic heterocycles. The van der Waals surface area contributed by atoms with Crippen LogP contribution >= 0.6 is 0 Å². The Hall–Kier alpha value is -2.17. The summed E-state index contributed by atoms with van der Waals surface area (Å²) in [6.45, 7) is 1.82. The van der Waals surface area contributed by atoms with Crippen molar-refractivity contribution in [3.8, 4) is 11.5 Å². The van der Waals surface area contributed by atoms with Crippen molar-refractivity contribution in [2.24, 2.45) is 5.41 Å². The number of rotatable bonds is 3. The monoisotopic (exact) mass is 269 g/mol. The highest BCUT2D eigenvalue weighted by atomic mass is 16.4. The number of aromatic nitrogens is 2. The standard InChI is InChI=1S/C15H15N3O2/c19-13(18-9-15(10-18)6-7-15)8-12-16-17-14(20-12)11-4-2-1-3-5-11/h1-5H,6-10H2. The fourth-order valence-electron chi connectivity index (χ4n) is 2.70. The molecular formula is C15H15N3O2. The third-order valence-electron chi connectivity index (χ3n) is 4.15. The molecule has 2 aromatic rings. The SMILES string of the molecule is O=C(Cc1nnc(-c2ccccc2)o1)N1CC2(CC2)C1. The predicted octanol–water partition coefficient (Wildman–Crippen LogP) is 1.90. The Labute approximate surface area is 116 Å². The van der Waals surface area contributed by atoms with E-state index in [9.17, 15) is 4.79 Å². The third-order valence-corrected chi connectivity index (χ3v) is 4.15. The van der Waals surface area contributed by atoms with Gasteiger partial charge in [-0.25, -0.2) is 0 Å². The molecule has 5 nitrogen and oxygen atoms in total. The summed E-state index contributed by atoms with van der Waals surface area (Å²) in [5.41, 5.74) is 1.36. The van der Waals surface area contributed by atoms with Crippen LogP contribution in [0.3, 0.4) is 0 Å². The molecular weight excluding hydrogens is 254 g/mol. The van der Waals surface area contributed by atoms with Crippen molar-refractivity contribution in [1.29, 1.82) is 0 Å². The molecule has 0 atom stereocenters. The van der Waals surface area contributed by atoms with E-state index in [1.165, 1.54) is 12.8 Å². The maximum atomic E-state index is 12.1. The Kier molecular flexibility index (Phi) is 2.42. The van der Waals surface area contributed by atoms with Gasteiger partial charge in [0.25, 0.3) is 0 Å². The number of benzene rings is 1. The molecule has 2 heterocycles. The lowest BCUT2D eigenvalue weighted by Crippen LogP contribution is -2.52. The van der Waals surface area contributed by atoms with Crippen LogP contribution in [-0.4, -0.2) is 34.1 Å². The van der Waals surface area contributed by atoms with Crippen molar-refractivity contribution < 1.29 is 9.21 Å².